The first kappa shape index (κ1) is 12.6. The number of halogens is 3. The Bertz CT molecular complexity index is 533. The maximum Gasteiger partial charge on any atom is 0.435 e. The van der Waals surface area contributed by atoms with Gasteiger partial charge in [0.05, 0.1) is 17.9 Å². The highest BCUT2D eigenvalue weighted by atomic mass is 19.4. The molecule has 2 heterocycles. The Morgan fingerprint density at radius 1 is 1.17 bits per heavy atom. The molecule has 2 aromatic rings. The van der Waals surface area contributed by atoms with Gasteiger partial charge in [-0.15, -0.1) is 0 Å². The number of alkyl halides is 3. The molecule has 7 heteroatoms. The van der Waals surface area contributed by atoms with Crippen molar-refractivity contribution in [3.8, 4) is 0 Å². The van der Waals surface area contributed by atoms with Crippen molar-refractivity contribution in [2.24, 2.45) is 5.73 Å². The van der Waals surface area contributed by atoms with E-state index in [9.17, 15) is 13.2 Å². The largest absolute Gasteiger partial charge is 0.435 e. The van der Waals surface area contributed by atoms with Gasteiger partial charge in [-0.2, -0.15) is 18.3 Å². The molecule has 2 N–H and O–H groups in total. The second-order valence-electron chi connectivity index (χ2n) is 3.72. The smallest absolute Gasteiger partial charge is 0.325 e. The van der Waals surface area contributed by atoms with Gasteiger partial charge in [-0.05, 0) is 18.2 Å². The molecule has 0 saturated heterocycles. The molecular formula is C11H11F3N4. The van der Waals surface area contributed by atoms with Crippen LogP contribution < -0.4 is 5.73 Å². The Balaban J connectivity index is 2.16. The van der Waals surface area contributed by atoms with Crippen molar-refractivity contribution < 1.29 is 13.2 Å². The van der Waals surface area contributed by atoms with Gasteiger partial charge in [-0.3, -0.25) is 9.67 Å². The Morgan fingerprint density at radius 3 is 2.50 bits per heavy atom. The van der Waals surface area contributed by atoms with Gasteiger partial charge >= 0.3 is 6.18 Å². The Kier molecular flexibility index (Phi) is 3.33. The van der Waals surface area contributed by atoms with Gasteiger partial charge in [-0.25, -0.2) is 0 Å². The van der Waals surface area contributed by atoms with Gasteiger partial charge < -0.3 is 5.73 Å². The van der Waals surface area contributed by atoms with Crippen molar-refractivity contribution in [1.82, 2.24) is 14.8 Å². The highest BCUT2D eigenvalue weighted by molar-refractivity contribution is 5.12. The standard InChI is InChI=1S/C11H11F3N4/c12-11(13,14)10-4-5-18(17-10)7-9-3-1-2-8(6-15)16-9/h1-5H,6-7,15H2. The van der Waals surface area contributed by atoms with Crippen LogP contribution in [0.1, 0.15) is 17.1 Å². The lowest BCUT2D eigenvalue weighted by Gasteiger charge is -2.04. The van der Waals surface area contributed by atoms with Gasteiger partial charge in [0, 0.05) is 12.7 Å². The first-order valence-electron chi connectivity index (χ1n) is 5.24. The first-order valence-corrected chi connectivity index (χ1v) is 5.24. The van der Waals surface area contributed by atoms with E-state index in [1.54, 1.807) is 18.2 Å². The van der Waals surface area contributed by atoms with E-state index in [2.05, 4.69) is 10.1 Å². The van der Waals surface area contributed by atoms with Crippen LogP contribution >= 0.6 is 0 Å². The SMILES string of the molecule is NCc1cccc(Cn2ccc(C(F)(F)F)n2)n1. The molecule has 0 bridgehead atoms. The average molecular weight is 256 g/mol. The normalized spacial score (nSPS) is 11.8. The number of nitrogens with two attached hydrogens (primary N) is 1. The van der Waals surface area contributed by atoms with Crippen LogP contribution in [0.2, 0.25) is 0 Å². The zero-order valence-corrected chi connectivity index (χ0v) is 9.35. The van der Waals surface area contributed by atoms with Crippen LogP contribution in [0, 0.1) is 0 Å². The summed E-state index contributed by atoms with van der Waals surface area (Å²) in [6, 6.07) is 6.17. The van der Waals surface area contributed by atoms with E-state index in [0.29, 0.717) is 17.9 Å². The molecule has 0 aliphatic carbocycles. The molecule has 4 nitrogen and oxygen atoms in total. The summed E-state index contributed by atoms with van der Waals surface area (Å²) in [6.45, 7) is 0.477. The van der Waals surface area contributed by atoms with Gasteiger partial charge in [0.1, 0.15) is 0 Å². The van der Waals surface area contributed by atoms with E-state index in [-0.39, 0.29) is 6.54 Å². The van der Waals surface area contributed by atoms with Gasteiger partial charge in [0.25, 0.3) is 0 Å². The predicted molar refractivity (Wildman–Crippen MR) is 58.5 cm³/mol. The van der Waals surface area contributed by atoms with Crippen LogP contribution in [-0.2, 0) is 19.3 Å². The molecule has 0 unspecified atom stereocenters. The number of rotatable bonds is 3. The number of hydrogen-bond acceptors (Lipinski definition) is 3. The molecule has 0 aliphatic rings. The molecule has 2 aromatic heterocycles. The monoisotopic (exact) mass is 256 g/mol. The van der Waals surface area contributed by atoms with Crippen LogP contribution in [0.5, 0.6) is 0 Å². The van der Waals surface area contributed by atoms with E-state index in [4.69, 9.17) is 5.73 Å². The van der Waals surface area contributed by atoms with E-state index >= 15 is 0 Å². The van der Waals surface area contributed by atoms with Crippen molar-refractivity contribution in [3.05, 3.63) is 47.5 Å². The summed E-state index contributed by atoms with van der Waals surface area (Å²) in [4.78, 5) is 4.19. The van der Waals surface area contributed by atoms with Gasteiger partial charge in [-0.1, -0.05) is 6.07 Å². The van der Waals surface area contributed by atoms with Crippen molar-refractivity contribution >= 4 is 0 Å². The molecule has 0 aliphatic heterocycles. The summed E-state index contributed by atoms with van der Waals surface area (Å²) in [5, 5.41) is 3.45. The molecule has 0 saturated carbocycles. The fourth-order valence-electron chi connectivity index (χ4n) is 1.50. The van der Waals surface area contributed by atoms with Gasteiger partial charge in [0.2, 0.25) is 0 Å². The predicted octanol–water partition coefficient (Wildman–Crippen LogP) is 1.80. The summed E-state index contributed by atoms with van der Waals surface area (Å²) in [5.74, 6) is 0. The fraction of sp³-hybridized carbons (Fsp3) is 0.273. The third-order valence-corrected chi connectivity index (χ3v) is 2.33. The van der Waals surface area contributed by atoms with Crippen LogP contribution in [0.3, 0.4) is 0 Å². The van der Waals surface area contributed by atoms with Crippen LogP contribution in [-0.4, -0.2) is 14.8 Å². The third-order valence-electron chi connectivity index (χ3n) is 2.33. The summed E-state index contributed by atoms with van der Waals surface area (Å²) in [6.07, 6.45) is -3.14. The molecule has 0 aromatic carbocycles. The molecule has 2 rings (SSSR count). The molecule has 0 fully saturated rings. The summed E-state index contributed by atoms with van der Waals surface area (Å²) < 4.78 is 38.3. The minimum atomic E-state index is -4.42. The molecular weight excluding hydrogens is 245 g/mol. The van der Waals surface area contributed by atoms with Crippen molar-refractivity contribution in [2.75, 3.05) is 0 Å². The number of pyridine rings is 1. The quantitative estimate of drug-likeness (QED) is 0.911. The van der Waals surface area contributed by atoms with E-state index in [1.165, 1.54) is 10.9 Å². The molecule has 0 amide bonds. The topological polar surface area (TPSA) is 56.7 Å². The number of hydrogen-bond donors (Lipinski definition) is 1. The highest BCUT2D eigenvalue weighted by Gasteiger charge is 2.33. The fourth-order valence-corrected chi connectivity index (χ4v) is 1.50. The van der Waals surface area contributed by atoms with E-state index < -0.39 is 11.9 Å². The van der Waals surface area contributed by atoms with Crippen LogP contribution in [0.25, 0.3) is 0 Å². The minimum Gasteiger partial charge on any atom is -0.325 e. The van der Waals surface area contributed by atoms with E-state index in [1.807, 2.05) is 0 Å². The highest BCUT2D eigenvalue weighted by Crippen LogP contribution is 2.27. The van der Waals surface area contributed by atoms with Crippen molar-refractivity contribution in [1.29, 1.82) is 0 Å². The lowest BCUT2D eigenvalue weighted by molar-refractivity contribution is -0.141. The third kappa shape index (κ3) is 2.86. The zero-order valence-electron chi connectivity index (χ0n) is 9.35. The Labute approximate surface area is 101 Å². The second-order valence-corrected chi connectivity index (χ2v) is 3.72. The molecule has 18 heavy (non-hydrogen) atoms. The maximum atomic E-state index is 12.4. The average Bonchev–Trinajstić information content (AvgIpc) is 2.77. The lowest BCUT2D eigenvalue weighted by Crippen LogP contribution is -2.09. The maximum absolute atomic E-state index is 12.4. The summed E-state index contributed by atoms with van der Waals surface area (Å²) in [5.41, 5.74) is 5.85. The van der Waals surface area contributed by atoms with Crippen molar-refractivity contribution in [3.63, 3.8) is 0 Å². The molecule has 96 valence electrons. The van der Waals surface area contributed by atoms with Crippen molar-refractivity contribution in [2.45, 2.75) is 19.3 Å². The van der Waals surface area contributed by atoms with E-state index in [0.717, 1.165) is 6.07 Å². The second kappa shape index (κ2) is 4.77. The zero-order chi connectivity index (χ0) is 13.2. The number of nitrogens with zero attached hydrogens (tertiary/aromatic N) is 3. The molecule has 0 radical (unpaired) electrons. The molecule has 0 spiro atoms. The molecule has 0 atom stereocenters. The minimum absolute atomic E-state index is 0.184. The summed E-state index contributed by atoms with van der Waals surface area (Å²) >= 11 is 0. The van der Waals surface area contributed by atoms with Gasteiger partial charge in [0.15, 0.2) is 5.69 Å². The summed E-state index contributed by atoms with van der Waals surface area (Å²) in [7, 11) is 0. The number of aromatic nitrogens is 3. The Morgan fingerprint density at radius 2 is 1.89 bits per heavy atom. The lowest BCUT2D eigenvalue weighted by atomic mass is 10.3. The van der Waals surface area contributed by atoms with Crippen LogP contribution in [0.15, 0.2) is 30.5 Å². The Hall–Kier alpha value is -1.89. The first-order chi connectivity index (χ1) is 8.49. The van der Waals surface area contributed by atoms with Crippen LogP contribution in [0.4, 0.5) is 13.2 Å².